The smallest absolute Gasteiger partial charge is 0.223 e. The standard InChI is InChI=1S/C15H20N2O/c1-12-4-2-3-5-14(12)15(18)17-11-8-13-6-9-16-10-7-13/h2-3,6-7,9-10,12,14H,4-5,8,11H2,1H3,(H,17,18). The van der Waals surface area contributed by atoms with Crippen LogP contribution in [0.1, 0.15) is 25.3 Å². The van der Waals surface area contributed by atoms with Crippen LogP contribution in [0.25, 0.3) is 0 Å². The number of amides is 1. The largest absolute Gasteiger partial charge is 0.356 e. The number of hydrogen-bond donors (Lipinski definition) is 1. The molecule has 0 aromatic carbocycles. The summed E-state index contributed by atoms with van der Waals surface area (Å²) < 4.78 is 0. The van der Waals surface area contributed by atoms with Gasteiger partial charge >= 0.3 is 0 Å². The number of nitrogens with zero attached hydrogens (tertiary/aromatic N) is 1. The zero-order valence-electron chi connectivity index (χ0n) is 10.8. The average molecular weight is 244 g/mol. The zero-order chi connectivity index (χ0) is 12.8. The van der Waals surface area contributed by atoms with Gasteiger partial charge in [0.25, 0.3) is 0 Å². The predicted molar refractivity (Wildman–Crippen MR) is 72.0 cm³/mol. The van der Waals surface area contributed by atoms with E-state index in [-0.39, 0.29) is 11.8 Å². The molecular formula is C15H20N2O. The second-order valence-corrected chi connectivity index (χ2v) is 4.92. The maximum atomic E-state index is 12.0. The van der Waals surface area contributed by atoms with Gasteiger partial charge in [0, 0.05) is 24.9 Å². The molecule has 0 spiro atoms. The molecule has 3 heteroatoms. The van der Waals surface area contributed by atoms with Crippen LogP contribution in [0, 0.1) is 11.8 Å². The highest BCUT2D eigenvalue weighted by atomic mass is 16.1. The Morgan fingerprint density at radius 2 is 2.06 bits per heavy atom. The van der Waals surface area contributed by atoms with E-state index in [1.807, 2.05) is 12.1 Å². The van der Waals surface area contributed by atoms with E-state index in [0.29, 0.717) is 12.5 Å². The Kier molecular flexibility index (Phi) is 4.51. The molecule has 1 aliphatic carbocycles. The van der Waals surface area contributed by atoms with Gasteiger partial charge in [0.15, 0.2) is 0 Å². The molecule has 1 aromatic heterocycles. The van der Waals surface area contributed by atoms with Crippen molar-refractivity contribution in [2.24, 2.45) is 11.8 Å². The van der Waals surface area contributed by atoms with Gasteiger partial charge in [-0.25, -0.2) is 0 Å². The number of carbonyl (C=O) groups excluding carboxylic acids is 1. The molecule has 1 aliphatic rings. The highest BCUT2D eigenvalue weighted by molar-refractivity contribution is 5.79. The first-order valence-corrected chi connectivity index (χ1v) is 6.59. The van der Waals surface area contributed by atoms with Gasteiger partial charge < -0.3 is 5.32 Å². The summed E-state index contributed by atoms with van der Waals surface area (Å²) >= 11 is 0. The van der Waals surface area contributed by atoms with Crippen molar-refractivity contribution in [2.75, 3.05) is 6.54 Å². The molecule has 18 heavy (non-hydrogen) atoms. The van der Waals surface area contributed by atoms with Gasteiger partial charge in [0.2, 0.25) is 5.91 Å². The monoisotopic (exact) mass is 244 g/mol. The van der Waals surface area contributed by atoms with E-state index in [9.17, 15) is 4.79 Å². The van der Waals surface area contributed by atoms with Crippen LogP contribution in [0.3, 0.4) is 0 Å². The Bertz CT molecular complexity index is 414. The zero-order valence-corrected chi connectivity index (χ0v) is 10.8. The van der Waals surface area contributed by atoms with Crippen molar-refractivity contribution in [3.8, 4) is 0 Å². The van der Waals surface area contributed by atoms with Gasteiger partial charge in [-0.1, -0.05) is 19.1 Å². The molecule has 1 N–H and O–H groups in total. The number of carbonyl (C=O) groups is 1. The summed E-state index contributed by atoms with van der Waals surface area (Å²) in [4.78, 5) is 16.0. The molecular weight excluding hydrogens is 224 g/mol. The van der Waals surface area contributed by atoms with Crippen LogP contribution < -0.4 is 5.32 Å². The second kappa shape index (κ2) is 6.34. The fourth-order valence-electron chi connectivity index (χ4n) is 2.33. The molecule has 3 nitrogen and oxygen atoms in total. The molecule has 2 rings (SSSR count). The van der Waals surface area contributed by atoms with Crippen molar-refractivity contribution in [1.29, 1.82) is 0 Å². The van der Waals surface area contributed by atoms with Crippen molar-refractivity contribution >= 4 is 5.91 Å². The minimum absolute atomic E-state index is 0.146. The molecule has 0 fully saturated rings. The molecule has 0 saturated carbocycles. The minimum atomic E-state index is 0.146. The first-order chi connectivity index (χ1) is 8.77. The quantitative estimate of drug-likeness (QED) is 0.826. The first kappa shape index (κ1) is 12.8. The lowest BCUT2D eigenvalue weighted by molar-refractivity contribution is -0.126. The lowest BCUT2D eigenvalue weighted by atomic mass is 9.84. The van der Waals surface area contributed by atoms with Crippen molar-refractivity contribution in [2.45, 2.75) is 26.2 Å². The number of hydrogen-bond acceptors (Lipinski definition) is 2. The summed E-state index contributed by atoms with van der Waals surface area (Å²) in [6.45, 7) is 2.85. The Labute approximate surface area is 108 Å². The molecule has 2 atom stereocenters. The third-order valence-electron chi connectivity index (χ3n) is 3.55. The van der Waals surface area contributed by atoms with Gasteiger partial charge in [-0.3, -0.25) is 9.78 Å². The Hall–Kier alpha value is -1.64. The van der Waals surface area contributed by atoms with E-state index in [4.69, 9.17) is 0 Å². The second-order valence-electron chi connectivity index (χ2n) is 4.92. The van der Waals surface area contributed by atoms with Crippen molar-refractivity contribution in [3.05, 3.63) is 42.2 Å². The molecule has 1 amide bonds. The maximum absolute atomic E-state index is 12.0. The molecule has 0 bridgehead atoms. The Morgan fingerprint density at radius 1 is 1.33 bits per heavy atom. The molecule has 96 valence electrons. The molecule has 0 saturated heterocycles. The average Bonchev–Trinajstić information content (AvgIpc) is 2.40. The van der Waals surface area contributed by atoms with Crippen LogP contribution in [-0.4, -0.2) is 17.4 Å². The molecule has 0 radical (unpaired) electrons. The van der Waals surface area contributed by atoms with E-state index >= 15 is 0 Å². The van der Waals surface area contributed by atoms with Gasteiger partial charge in [-0.05, 0) is 42.9 Å². The summed E-state index contributed by atoms with van der Waals surface area (Å²) in [7, 11) is 0. The Balaban J connectivity index is 1.76. The van der Waals surface area contributed by atoms with Crippen LogP contribution in [-0.2, 0) is 11.2 Å². The first-order valence-electron chi connectivity index (χ1n) is 6.59. The topological polar surface area (TPSA) is 42.0 Å². The van der Waals surface area contributed by atoms with Gasteiger partial charge in [-0.2, -0.15) is 0 Å². The fraction of sp³-hybridized carbons (Fsp3) is 0.467. The molecule has 2 unspecified atom stereocenters. The van der Waals surface area contributed by atoms with Crippen LogP contribution in [0.2, 0.25) is 0 Å². The van der Waals surface area contributed by atoms with E-state index in [1.165, 1.54) is 5.56 Å². The molecule has 0 aliphatic heterocycles. The van der Waals surface area contributed by atoms with Crippen LogP contribution in [0.4, 0.5) is 0 Å². The van der Waals surface area contributed by atoms with E-state index < -0.39 is 0 Å². The number of aromatic nitrogens is 1. The minimum Gasteiger partial charge on any atom is -0.356 e. The van der Waals surface area contributed by atoms with Gasteiger partial charge in [0.1, 0.15) is 0 Å². The van der Waals surface area contributed by atoms with E-state index in [2.05, 4.69) is 29.4 Å². The van der Waals surface area contributed by atoms with Crippen molar-refractivity contribution < 1.29 is 4.79 Å². The summed E-state index contributed by atoms with van der Waals surface area (Å²) in [6.07, 6.45) is 10.6. The SMILES string of the molecule is CC1CC=CCC1C(=O)NCCc1ccncc1. The van der Waals surface area contributed by atoms with Crippen LogP contribution >= 0.6 is 0 Å². The third-order valence-corrected chi connectivity index (χ3v) is 3.55. The Morgan fingerprint density at radius 3 is 2.78 bits per heavy atom. The van der Waals surface area contributed by atoms with E-state index in [1.54, 1.807) is 12.4 Å². The summed E-state index contributed by atoms with van der Waals surface area (Å²) in [5.74, 6) is 0.796. The molecule has 1 aromatic rings. The lowest BCUT2D eigenvalue weighted by Gasteiger charge is -2.24. The highest BCUT2D eigenvalue weighted by Crippen LogP contribution is 2.24. The van der Waals surface area contributed by atoms with Gasteiger partial charge in [0.05, 0.1) is 0 Å². The van der Waals surface area contributed by atoms with Crippen LogP contribution in [0.5, 0.6) is 0 Å². The number of pyridine rings is 1. The number of nitrogens with one attached hydrogen (secondary N) is 1. The maximum Gasteiger partial charge on any atom is 0.223 e. The summed E-state index contributed by atoms with van der Waals surface area (Å²) in [5, 5.41) is 3.04. The van der Waals surface area contributed by atoms with Crippen molar-refractivity contribution in [3.63, 3.8) is 0 Å². The number of allylic oxidation sites excluding steroid dienone is 2. The number of rotatable bonds is 4. The normalized spacial score (nSPS) is 22.7. The highest BCUT2D eigenvalue weighted by Gasteiger charge is 2.24. The third kappa shape index (κ3) is 3.42. The predicted octanol–water partition coefficient (Wildman–Crippen LogP) is 2.34. The fourth-order valence-corrected chi connectivity index (χ4v) is 2.33. The lowest BCUT2D eigenvalue weighted by Crippen LogP contribution is -2.36. The van der Waals surface area contributed by atoms with Gasteiger partial charge in [-0.15, -0.1) is 0 Å². The van der Waals surface area contributed by atoms with E-state index in [0.717, 1.165) is 19.3 Å². The van der Waals surface area contributed by atoms with Crippen LogP contribution in [0.15, 0.2) is 36.7 Å². The summed E-state index contributed by atoms with van der Waals surface area (Å²) in [5.41, 5.74) is 1.21. The van der Waals surface area contributed by atoms with Crippen molar-refractivity contribution in [1.82, 2.24) is 10.3 Å². The molecule has 1 heterocycles. The summed E-state index contributed by atoms with van der Waals surface area (Å²) in [6, 6.07) is 3.97.